The van der Waals surface area contributed by atoms with Gasteiger partial charge in [-0.15, -0.1) is 0 Å². The third-order valence-electron chi connectivity index (χ3n) is 7.99. The molecule has 0 bridgehead atoms. The molecule has 0 amide bonds. The molecule has 0 aliphatic rings. The Morgan fingerprint density at radius 3 is 1.59 bits per heavy atom. The smallest absolute Gasteiger partial charge is 0.462 e. The van der Waals surface area contributed by atoms with E-state index in [1.54, 1.807) is 0 Å². The fourth-order valence-electron chi connectivity index (χ4n) is 4.93. The van der Waals surface area contributed by atoms with Crippen LogP contribution in [0, 0.1) is 0 Å². The zero-order valence-electron chi connectivity index (χ0n) is 31.8. The fourth-order valence-corrected chi connectivity index (χ4v) is 5.71. The lowest BCUT2D eigenvalue weighted by Crippen LogP contribution is -2.29. The molecule has 0 aromatic heterocycles. The number of carbonyl (C=O) groups is 2. The summed E-state index contributed by atoms with van der Waals surface area (Å²) in [6, 6.07) is 0. The van der Waals surface area contributed by atoms with Crippen LogP contribution in [-0.4, -0.2) is 65.7 Å². The average Bonchev–Trinajstić information content (AvgIpc) is 3.12. The van der Waals surface area contributed by atoms with E-state index in [0.29, 0.717) is 19.3 Å². The third-order valence-corrected chi connectivity index (χ3v) is 8.94. The molecule has 0 saturated heterocycles. The van der Waals surface area contributed by atoms with Gasteiger partial charge in [-0.2, -0.15) is 0 Å². The molecule has 1 unspecified atom stereocenters. The van der Waals surface area contributed by atoms with E-state index in [0.717, 1.165) is 44.9 Å². The van der Waals surface area contributed by atoms with Crippen LogP contribution in [0.4, 0.5) is 0 Å². The highest BCUT2D eigenvalue weighted by atomic mass is 31.2. The largest absolute Gasteiger partial charge is 0.472 e. The van der Waals surface area contributed by atoms with Gasteiger partial charge in [-0.3, -0.25) is 18.6 Å². The summed E-state index contributed by atoms with van der Waals surface area (Å²) in [5.41, 5.74) is 0. The van der Waals surface area contributed by atoms with Crippen LogP contribution in [0.15, 0.2) is 48.6 Å². The molecule has 10 nitrogen and oxygen atoms in total. The van der Waals surface area contributed by atoms with E-state index in [4.69, 9.17) is 19.1 Å². The first kappa shape index (κ1) is 48.9. The number of phosphoric acid groups is 1. The first-order valence-corrected chi connectivity index (χ1v) is 21.1. The Bertz CT molecular complexity index is 994. The average molecular weight is 743 g/mol. The number of allylic oxidation sites excluding steroid dienone is 8. The van der Waals surface area contributed by atoms with Crippen LogP contribution in [0.5, 0.6) is 0 Å². The van der Waals surface area contributed by atoms with Crippen molar-refractivity contribution >= 4 is 19.8 Å². The molecule has 0 aromatic carbocycles. The van der Waals surface area contributed by atoms with Crippen molar-refractivity contribution in [1.29, 1.82) is 0 Å². The number of carbonyl (C=O) groups excluding carboxylic acids is 2. The molecule has 0 fully saturated rings. The van der Waals surface area contributed by atoms with Gasteiger partial charge < -0.3 is 24.6 Å². The lowest BCUT2D eigenvalue weighted by atomic mass is 10.1. The van der Waals surface area contributed by atoms with Crippen molar-refractivity contribution in [2.45, 2.75) is 167 Å². The van der Waals surface area contributed by atoms with Gasteiger partial charge in [0.15, 0.2) is 6.10 Å². The molecule has 0 aliphatic carbocycles. The number of phosphoric ester groups is 1. The van der Waals surface area contributed by atoms with Crippen molar-refractivity contribution in [2.24, 2.45) is 0 Å². The first-order valence-electron chi connectivity index (χ1n) is 19.6. The van der Waals surface area contributed by atoms with Crippen molar-refractivity contribution in [3.63, 3.8) is 0 Å². The van der Waals surface area contributed by atoms with Crippen molar-refractivity contribution < 1.29 is 47.8 Å². The second-order valence-electron chi connectivity index (χ2n) is 13.0. The van der Waals surface area contributed by atoms with Gasteiger partial charge in [0.1, 0.15) is 12.7 Å². The Hall–Kier alpha value is -2.07. The van der Waals surface area contributed by atoms with E-state index in [1.165, 1.54) is 64.2 Å². The number of aliphatic hydroxyl groups excluding tert-OH is 2. The normalized spacial score (nSPS) is 14.5. The highest BCUT2D eigenvalue weighted by Crippen LogP contribution is 2.43. The molecular formula is C40H71O10P. The van der Waals surface area contributed by atoms with Crippen LogP contribution < -0.4 is 0 Å². The minimum absolute atomic E-state index is 0.166. The van der Waals surface area contributed by atoms with Crippen molar-refractivity contribution in [3.05, 3.63) is 48.6 Å². The molecule has 3 atom stereocenters. The number of aliphatic hydroxyl groups is 2. The molecule has 3 N–H and O–H groups in total. The summed E-state index contributed by atoms with van der Waals surface area (Å²) < 4.78 is 32.5. The second kappa shape index (κ2) is 36.3. The Kier molecular flexibility index (Phi) is 34.8. The Labute approximate surface area is 309 Å². The molecule has 51 heavy (non-hydrogen) atoms. The van der Waals surface area contributed by atoms with Gasteiger partial charge in [-0.1, -0.05) is 140 Å². The van der Waals surface area contributed by atoms with E-state index in [-0.39, 0.29) is 19.4 Å². The fraction of sp³-hybridized carbons (Fsp3) is 0.750. The van der Waals surface area contributed by atoms with Gasteiger partial charge >= 0.3 is 19.8 Å². The van der Waals surface area contributed by atoms with Crippen molar-refractivity contribution in [3.8, 4) is 0 Å². The maximum absolute atomic E-state index is 12.5. The Balaban J connectivity index is 4.44. The number of rotatable bonds is 36. The number of unbranched alkanes of at least 4 members (excludes halogenated alkanes) is 14. The summed E-state index contributed by atoms with van der Waals surface area (Å²) in [6.07, 6.45) is 36.6. The number of esters is 2. The van der Waals surface area contributed by atoms with Crippen LogP contribution in [0.3, 0.4) is 0 Å². The monoisotopic (exact) mass is 742 g/mol. The summed E-state index contributed by atoms with van der Waals surface area (Å²) in [5, 5.41) is 18.3. The van der Waals surface area contributed by atoms with Crippen LogP contribution in [0.1, 0.15) is 155 Å². The van der Waals surface area contributed by atoms with Crippen LogP contribution in [0.25, 0.3) is 0 Å². The molecule has 0 radical (unpaired) electrons. The molecule has 11 heteroatoms. The molecule has 0 aromatic rings. The van der Waals surface area contributed by atoms with Gasteiger partial charge in [0.05, 0.1) is 19.8 Å². The molecule has 0 rings (SSSR count). The first-order chi connectivity index (χ1) is 24.7. The molecule has 0 spiro atoms. The lowest BCUT2D eigenvalue weighted by Gasteiger charge is -2.20. The van der Waals surface area contributed by atoms with Gasteiger partial charge in [0, 0.05) is 12.8 Å². The van der Waals surface area contributed by atoms with Crippen molar-refractivity contribution in [1.82, 2.24) is 0 Å². The summed E-state index contributed by atoms with van der Waals surface area (Å²) in [7, 11) is -4.62. The number of hydrogen-bond acceptors (Lipinski definition) is 9. The molecule has 0 saturated carbocycles. The van der Waals surface area contributed by atoms with E-state index < -0.39 is 51.8 Å². The van der Waals surface area contributed by atoms with Gasteiger partial charge in [-0.05, 0) is 51.4 Å². The highest BCUT2D eigenvalue weighted by molar-refractivity contribution is 7.47. The third kappa shape index (κ3) is 36.1. The zero-order valence-corrected chi connectivity index (χ0v) is 32.7. The summed E-state index contributed by atoms with van der Waals surface area (Å²) >= 11 is 0. The minimum atomic E-state index is -4.62. The predicted octanol–water partition coefficient (Wildman–Crippen LogP) is 9.78. The van der Waals surface area contributed by atoms with E-state index >= 15 is 0 Å². The van der Waals surface area contributed by atoms with Gasteiger partial charge in [-0.25, -0.2) is 4.57 Å². The van der Waals surface area contributed by atoms with E-state index in [9.17, 15) is 24.2 Å². The molecule has 0 heterocycles. The van der Waals surface area contributed by atoms with Crippen LogP contribution >= 0.6 is 7.82 Å². The minimum Gasteiger partial charge on any atom is -0.462 e. The summed E-state index contributed by atoms with van der Waals surface area (Å²) in [4.78, 5) is 34.8. The predicted molar refractivity (Wildman–Crippen MR) is 205 cm³/mol. The second-order valence-corrected chi connectivity index (χ2v) is 14.4. The topological polar surface area (TPSA) is 149 Å². The Morgan fingerprint density at radius 1 is 0.588 bits per heavy atom. The molecular weight excluding hydrogens is 671 g/mol. The highest BCUT2D eigenvalue weighted by Gasteiger charge is 2.27. The number of hydrogen-bond donors (Lipinski definition) is 3. The summed E-state index contributed by atoms with van der Waals surface area (Å²) in [6.45, 7) is 2.26. The maximum atomic E-state index is 12.5. The number of ether oxygens (including phenoxy) is 2. The SMILES string of the molecule is CCCCC/C=C\C/C=C\C/C=C\C/C=C\CCCC(=O)OC[C@H](COP(=O)(O)OC[C@@H](O)CO)OC(=O)CCCCCCCCCCCCC. The maximum Gasteiger partial charge on any atom is 0.472 e. The van der Waals surface area contributed by atoms with Gasteiger partial charge in [0.25, 0.3) is 0 Å². The lowest BCUT2D eigenvalue weighted by molar-refractivity contribution is -0.161. The van der Waals surface area contributed by atoms with Crippen molar-refractivity contribution in [2.75, 3.05) is 26.4 Å². The van der Waals surface area contributed by atoms with Crippen LogP contribution in [0.2, 0.25) is 0 Å². The summed E-state index contributed by atoms with van der Waals surface area (Å²) in [5.74, 6) is -0.993. The van der Waals surface area contributed by atoms with Crippen LogP contribution in [-0.2, 0) is 32.7 Å². The zero-order chi connectivity index (χ0) is 37.7. The molecule has 296 valence electrons. The Morgan fingerprint density at radius 2 is 1.04 bits per heavy atom. The van der Waals surface area contributed by atoms with E-state index in [1.807, 2.05) is 6.08 Å². The van der Waals surface area contributed by atoms with E-state index in [2.05, 4.69) is 60.9 Å². The standard InChI is InChI=1S/C40H71O10P/c1-3-5-7-9-11-13-15-16-17-18-19-20-22-23-25-27-29-31-39(43)47-35-38(36-49-51(45,46)48-34-37(42)33-41)50-40(44)32-30-28-26-24-21-14-12-10-8-6-4-2/h11,13,16-17,19-20,23,25,37-38,41-42H,3-10,12,14-15,18,21-22,24,26-36H2,1-2H3,(H,45,46)/b13-11-,17-16-,20-19-,25-23-/t37-,38+/m0/s1. The quantitative estimate of drug-likeness (QED) is 0.0245. The molecule has 0 aliphatic heterocycles. The van der Waals surface area contributed by atoms with Gasteiger partial charge in [0.2, 0.25) is 0 Å².